The Morgan fingerprint density at radius 1 is 1.15 bits per heavy atom. The number of ether oxygens (including phenoxy) is 2. The first-order valence-electron chi connectivity index (χ1n) is 10.1. The van der Waals surface area contributed by atoms with Crippen molar-refractivity contribution in [3.05, 3.63) is 41.5 Å². The predicted molar refractivity (Wildman–Crippen MR) is 108 cm³/mol. The quantitative estimate of drug-likeness (QED) is 0.384. The molecule has 2 aliphatic carbocycles. The van der Waals surface area contributed by atoms with Gasteiger partial charge in [-0.05, 0) is 61.3 Å². The minimum absolute atomic E-state index is 0.139. The largest absolute Gasteiger partial charge is 0.489 e. The van der Waals surface area contributed by atoms with E-state index in [0.717, 1.165) is 11.3 Å². The number of carbonyl (C=O) groups excluding carboxylic acids is 1. The van der Waals surface area contributed by atoms with Gasteiger partial charge in [-0.25, -0.2) is 0 Å². The standard InChI is InChI=1S/C24H30O3/c1-3-7-21(16-23(25)26-2)20-8-10-22(11-9-20)27-18-19-12-15-24(17-19)13-5-4-6-14-24/h8-11,17,21H,4-6,12-16,18H2,1-2H3. The van der Waals surface area contributed by atoms with E-state index in [-0.39, 0.29) is 18.3 Å². The Balaban J connectivity index is 1.58. The fourth-order valence-corrected chi connectivity index (χ4v) is 4.40. The van der Waals surface area contributed by atoms with Crippen LogP contribution in [-0.4, -0.2) is 19.7 Å². The van der Waals surface area contributed by atoms with Gasteiger partial charge < -0.3 is 9.47 Å². The highest BCUT2D eigenvalue weighted by molar-refractivity contribution is 5.71. The molecular weight excluding hydrogens is 336 g/mol. The van der Waals surface area contributed by atoms with Crippen LogP contribution in [0.1, 0.15) is 69.8 Å². The van der Waals surface area contributed by atoms with Crippen LogP contribution < -0.4 is 4.74 Å². The Morgan fingerprint density at radius 2 is 1.89 bits per heavy atom. The Morgan fingerprint density at radius 3 is 2.56 bits per heavy atom. The maximum atomic E-state index is 11.6. The first-order valence-corrected chi connectivity index (χ1v) is 10.1. The van der Waals surface area contributed by atoms with Crippen LogP contribution in [0.5, 0.6) is 5.75 Å². The summed E-state index contributed by atoms with van der Waals surface area (Å²) < 4.78 is 10.8. The van der Waals surface area contributed by atoms with Crippen molar-refractivity contribution in [2.75, 3.05) is 13.7 Å². The van der Waals surface area contributed by atoms with Gasteiger partial charge in [0.15, 0.2) is 0 Å². The lowest BCUT2D eigenvalue weighted by atomic mass is 9.74. The average molecular weight is 367 g/mol. The third-order valence-electron chi connectivity index (χ3n) is 5.93. The lowest BCUT2D eigenvalue weighted by molar-refractivity contribution is -0.140. The highest BCUT2D eigenvalue weighted by Crippen LogP contribution is 2.47. The summed E-state index contributed by atoms with van der Waals surface area (Å²) in [4.78, 5) is 11.6. The maximum Gasteiger partial charge on any atom is 0.307 e. The number of methoxy groups -OCH3 is 1. The molecule has 2 aliphatic rings. The molecule has 1 fully saturated rings. The van der Waals surface area contributed by atoms with E-state index in [1.807, 2.05) is 24.3 Å². The predicted octanol–water partition coefficient (Wildman–Crippen LogP) is 5.41. The fraction of sp³-hybridized carbons (Fsp3) is 0.542. The summed E-state index contributed by atoms with van der Waals surface area (Å²) in [5, 5.41) is 0. The van der Waals surface area contributed by atoms with Gasteiger partial charge in [-0.15, -0.1) is 5.92 Å². The summed E-state index contributed by atoms with van der Waals surface area (Å²) in [7, 11) is 1.41. The second kappa shape index (κ2) is 9.13. The van der Waals surface area contributed by atoms with Crippen LogP contribution >= 0.6 is 0 Å². The molecule has 1 saturated carbocycles. The van der Waals surface area contributed by atoms with Crippen LogP contribution in [0.15, 0.2) is 35.9 Å². The minimum Gasteiger partial charge on any atom is -0.489 e. The van der Waals surface area contributed by atoms with Gasteiger partial charge in [0.25, 0.3) is 0 Å². The third-order valence-corrected chi connectivity index (χ3v) is 5.93. The van der Waals surface area contributed by atoms with Crippen molar-refractivity contribution in [3.63, 3.8) is 0 Å². The number of allylic oxidation sites excluding steroid dienone is 1. The van der Waals surface area contributed by atoms with Crippen LogP contribution in [0.4, 0.5) is 0 Å². The molecule has 0 heterocycles. The highest BCUT2D eigenvalue weighted by Gasteiger charge is 2.34. The van der Waals surface area contributed by atoms with Crippen molar-refractivity contribution < 1.29 is 14.3 Å². The molecule has 1 spiro atoms. The topological polar surface area (TPSA) is 35.5 Å². The second-order valence-corrected chi connectivity index (χ2v) is 7.81. The van der Waals surface area contributed by atoms with Gasteiger partial charge in [-0.1, -0.05) is 43.4 Å². The molecule has 3 nitrogen and oxygen atoms in total. The number of hydrogen-bond donors (Lipinski definition) is 0. The average Bonchev–Trinajstić information content (AvgIpc) is 3.09. The second-order valence-electron chi connectivity index (χ2n) is 7.81. The van der Waals surface area contributed by atoms with Crippen molar-refractivity contribution in [2.45, 2.75) is 64.2 Å². The van der Waals surface area contributed by atoms with Crippen molar-refractivity contribution >= 4 is 5.97 Å². The van der Waals surface area contributed by atoms with Crippen LogP contribution in [0, 0.1) is 17.3 Å². The van der Waals surface area contributed by atoms with Gasteiger partial charge in [0.1, 0.15) is 12.4 Å². The van der Waals surface area contributed by atoms with E-state index in [0.29, 0.717) is 12.0 Å². The molecule has 27 heavy (non-hydrogen) atoms. The summed E-state index contributed by atoms with van der Waals surface area (Å²) in [5.41, 5.74) is 2.94. The van der Waals surface area contributed by atoms with Crippen molar-refractivity contribution in [1.29, 1.82) is 0 Å². The normalized spacial score (nSPS) is 19.0. The van der Waals surface area contributed by atoms with E-state index in [1.54, 1.807) is 6.92 Å². The Hall–Kier alpha value is -2.21. The van der Waals surface area contributed by atoms with E-state index < -0.39 is 0 Å². The van der Waals surface area contributed by atoms with E-state index in [1.165, 1.54) is 57.6 Å². The van der Waals surface area contributed by atoms with Crippen LogP contribution in [0.25, 0.3) is 0 Å². The van der Waals surface area contributed by atoms with Gasteiger partial charge in [-0.2, -0.15) is 0 Å². The zero-order valence-corrected chi connectivity index (χ0v) is 16.6. The monoisotopic (exact) mass is 366 g/mol. The molecule has 0 radical (unpaired) electrons. The summed E-state index contributed by atoms with van der Waals surface area (Å²) in [6.07, 6.45) is 12.1. The van der Waals surface area contributed by atoms with E-state index in [2.05, 4.69) is 17.9 Å². The number of benzene rings is 1. The molecule has 144 valence electrons. The molecule has 0 N–H and O–H groups in total. The smallest absolute Gasteiger partial charge is 0.307 e. The number of esters is 1. The molecule has 3 heteroatoms. The van der Waals surface area contributed by atoms with E-state index >= 15 is 0 Å². The van der Waals surface area contributed by atoms with Gasteiger partial charge in [0.2, 0.25) is 0 Å². The summed E-state index contributed by atoms with van der Waals surface area (Å²) in [6.45, 7) is 2.47. The Bertz CT molecular complexity index is 727. The third kappa shape index (κ3) is 5.16. The van der Waals surface area contributed by atoms with Gasteiger partial charge in [-0.3, -0.25) is 4.79 Å². The SMILES string of the molecule is CC#CC(CC(=O)OC)c1ccc(OCC2=CC3(CCCCC3)CC2)cc1. The molecule has 1 aromatic rings. The number of rotatable bonds is 6. The minimum atomic E-state index is -0.243. The molecule has 1 atom stereocenters. The van der Waals surface area contributed by atoms with Crippen molar-refractivity contribution in [1.82, 2.24) is 0 Å². The Labute approximate surface area is 163 Å². The molecule has 0 aromatic heterocycles. The van der Waals surface area contributed by atoms with Crippen LogP contribution in [-0.2, 0) is 9.53 Å². The lowest BCUT2D eigenvalue weighted by Gasteiger charge is -2.31. The molecule has 1 unspecified atom stereocenters. The van der Waals surface area contributed by atoms with Crippen molar-refractivity contribution in [3.8, 4) is 17.6 Å². The number of carbonyl (C=O) groups is 1. The molecule has 0 saturated heterocycles. The summed E-state index contributed by atoms with van der Waals surface area (Å²) >= 11 is 0. The Kier molecular flexibility index (Phi) is 6.61. The lowest BCUT2D eigenvalue weighted by Crippen LogP contribution is -2.18. The molecule has 1 aromatic carbocycles. The number of hydrogen-bond acceptors (Lipinski definition) is 3. The van der Waals surface area contributed by atoms with E-state index in [4.69, 9.17) is 9.47 Å². The molecule has 0 bridgehead atoms. The molecular formula is C24H30O3. The van der Waals surface area contributed by atoms with Crippen molar-refractivity contribution in [2.24, 2.45) is 5.41 Å². The first kappa shape index (κ1) is 19.5. The molecule has 0 aliphatic heterocycles. The fourth-order valence-electron chi connectivity index (χ4n) is 4.40. The highest BCUT2D eigenvalue weighted by atomic mass is 16.5. The van der Waals surface area contributed by atoms with E-state index in [9.17, 15) is 4.79 Å². The van der Waals surface area contributed by atoms with Gasteiger partial charge in [0.05, 0.1) is 19.4 Å². The summed E-state index contributed by atoms with van der Waals surface area (Å²) in [5.74, 6) is 6.48. The van der Waals surface area contributed by atoms with Crippen LogP contribution in [0.3, 0.4) is 0 Å². The zero-order chi connectivity index (χ0) is 19.1. The zero-order valence-electron chi connectivity index (χ0n) is 16.6. The van der Waals surface area contributed by atoms with Crippen LogP contribution in [0.2, 0.25) is 0 Å². The molecule has 3 rings (SSSR count). The van der Waals surface area contributed by atoms with Gasteiger partial charge in [0, 0.05) is 0 Å². The maximum absolute atomic E-state index is 11.6. The molecule has 0 amide bonds. The van der Waals surface area contributed by atoms with Gasteiger partial charge >= 0.3 is 5.97 Å². The summed E-state index contributed by atoms with van der Waals surface area (Å²) in [6, 6.07) is 7.95. The first-order chi connectivity index (χ1) is 13.1.